The average Bonchev–Trinajstić information content (AvgIpc) is 2.84. The number of rotatable bonds is 4. The fraction of sp³-hybridized carbons (Fsp3) is 0.375. The molecule has 0 fully saturated rings. The van der Waals surface area contributed by atoms with Crippen LogP contribution in [0.1, 0.15) is 42.7 Å². The number of hydrogen-bond donors (Lipinski definition) is 1. The predicted octanol–water partition coefficient (Wildman–Crippen LogP) is 4.09. The van der Waals surface area contributed by atoms with Gasteiger partial charge in [-0.1, -0.05) is 20.3 Å². The topological polar surface area (TPSA) is 62.7 Å². The number of nitriles is 1. The van der Waals surface area contributed by atoms with Crippen molar-refractivity contribution >= 4 is 17.2 Å². The van der Waals surface area contributed by atoms with Crippen molar-refractivity contribution in [3.8, 4) is 16.5 Å². The van der Waals surface area contributed by atoms with Crippen LogP contribution in [0, 0.1) is 18.3 Å². The van der Waals surface area contributed by atoms with Crippen molar-refractivity contribution in [2.75, 3.05) is 5.73 Å². The molecule has 2 N–H and O–H groups in total. The lowest BCUT2D eigenvalue weighted by atomic mass is 9.94. The smallest absolute Gasteiger partial charge is 0.142 e. The van der Waals surface area contributed by atoms with E-state index < -0.39 is 0 Å². The Morgan fingerprint density at radius 2 is 2.15 bits per heavy atom. The molecule has 0 saturated carbocycles. The van der Waals surface area contributed by atoms with Crippen molar-refractivity contribution in [1.82, 2.24) is 4.98 Å². The third-order valence-corrected chi connectivity index (χ3v) is 4.49. The Bertz CT molecular complexity index is 665. The minimum absolute atomic E-state index is 0.357. The highest BCUT2D eigenvalue weighted by Crippen LogP contribution is 2.37. The molecule has 0 aliphatic rings. The third-order valence-electron chi connectivity index (χ3n) is 3.45. The molecule has 0 bridgehead atoms. The SMILES string of the molecule is CCCc1nc(N)c(C#N)c(-c2sccc2C)c1CC. The first-order chi connectivity index (χ1) is 9.63. The molecule has 0 unspecified atom stereocenters. The Morgan fingerprint density at radius 1 is 1.40 bits per heavy atom. The molecule has 0 aliphatic carbocycles. The molecule has 3 nitrogen and oxygen atoms in total. The molecule has 0 aliphatic heterocycles. The van der Waals surface area contributed by atoms with Crippen molar-refractivity contribution in [2.45, 2.75) is 40.0 Å². The summed E-state index contributed by atoms with van der Waals surface area (Å²) in [4.78, 5) is 5.61. The maximum atomic E-state index is 9.46. The van der Waals surface area contributed by atoms with E-state index in [1.807, 2.05) is 0 Å². The molecular weight excluding hydrogens is 266 g/mol. The van der Waals surface area contributed by atoms with Crippen LogP contribution < -0.4 is 5.73 Å². The summed E-state index contributed by atoms with van der Waals surface area (Å²) in [6.07, 6.45) is 2.79. The van der Waals surface area contributed by atoms with E-state index >= 15 is 0 Å². The van der Waals surface area contributed by atoms with Crippen LogP contribution in [0.2, 0.25) is 0 Å². The van der Waals surface area contributed by atoms with Gasteiger partial charge in [0.1, 0.15) is 17.5 Å². The van der Waals surface area contributed by atoms with Gasteiger partial charge in [-0.3, -0.25) is 0 Å². The van der Waals surface area contributed by atoms with E-state index in [2.05, 4.69) is 43.3 Å². The van der Waals surface area contributed by atoms with Crippen LogP contribution in [0.5, 0.6) is 0 Å². The summed E-state index contributed by atoms with van der Waals surface area (Å²) in [6, 6.07) is 4.32. The maximum absolute atomic E-state index is 9.46. The highest BCUT2D eigenvalue weighted by molar-refractivity contribution is 7.13. The van der Waals surface area contributed by atoms with Crippen molar-refractivity contribution in [3.05, 3.63) is 33.8 Å². The molecule has 0 radical (unpaired) electrons. The Kier molecular flexibility index (Phi) is 4.41. The van der Waals surface area contributed by atoms with Gasteiger partial charge in [0, 0.05) is 16.1 Å². The highest BCUT2D eigenvalue weighted by Gasteiger charge is 2.20. The van der Waals surface area contributed by atoms with Crippen molar-refractivity contribution < 1.29 is 0 Å². The second kappa shape index (κ2) is 6.06. The zero-order valence-electron chi connectivity index (χ0n) is 12.2. The van der Waals surface area contributed by atoms with Crippen molar-refractivity contribution in [1.29, 1.82) is 5.26 Å². The Morgan fingerprint density at radius 3 is 2.65 bits per heavy atom. The zero-order chi connectivity index (χ0) is 14.7. The predicted molar refractivity (Wildman–Crippen MR) is 84.8 cm³/mol. The first-order valence-electron chi connectivity index (χ1n) is 6.89. The lowest BCUT2D eigenvalue weighted by Crippen LogP contribution is -2.07. The molecule has 20 heavy (non-hydrogen) atoms. The molecule has 0 aromatic carbocycles. The van der Waals surface area contributed by atoms with Gasteiger partial charge < -0.3 is 5.73 Å². The zero-order valence-corrected chi connectivity index (χ0v) is 13.0. The van der Waals surface area contributed by atoms with Gasteiger partial charge in [-0.15, -0.1) is 11.3 Å². The number of hydrogen-bond acceptors (Lipinski definition) is 4. The average molecular weight is 285 g/mol. The molecule has 0 saturated heterocycles. The number of nitrogen functional groups attached to an aromatic ring is 1. The molecule has 0 amide bonds. The van der Waals surface area contributed by atoms with Crippen LogP contribution in [0.3, 0.4) is 0 Å². The van der Waals surface area contributed by atoms with Crippen molar-refractivity contribution in [3.63, 3.8) is 0 Å². The first-order valence-corrected chi connectivity index (χ1v) is 7.77. The summed E-state index contributed by atoms with van der Waals surface area (Å²) in [5, 5.41) is 11.5. The van der Waals surface area contributed by atoms with E-state index in [4.69, 9.17) is 5.73 Å². The van der Waals surface area contributed by atoms with E-state index in [9.17, 15) is 5.26 Å². The molecule has 0 spiro atoms. The molecule has 2 aromatic rings. The van der Waals surface area contributed by atoms with Gasteiger partial charge in [-0.05, 0) is 42.3 Å². The summed E-state index contributed by atoms with van der Waals surface area (Å²) in [6.45, 7) is 6.31. The second-order valence-corrected chi connectivity index (χ2v) is 5.74. The largest absolute Gasteiger partial charge is 0.383 e. The van der Waals surface area contributed by atoms with Gasteiger partial charge in [0.15, 0.2) is 0 Å². The number of thiophene rings is 1. The van der Waals surface area contributed by atoms with Crippen LogP contribution in [0.25, 0.3) is 10.4 Å². The number of aryl methyl sites for hydroxylation is 2. The van der Waals surface area contributed by atoms with Crippen LogP contribution in [0.4, 0.5) is 5.82 Å². The van der Waals surface area contributed by atoms with Gasteiger partial charge >= 0.3 is 0 Å². The normalized spacial score (nSPS) is 10.5. The summed E-state index contributed by atoms with van der Waals surface area (Å²) >= 11 is 1.66. The minimum atomic E-state index is 0.357. The van der Waals surface area contributed by atoms with Gasteiger partial charge in [-0.25, -0.2) is 4.98 Å². The van der Waals surface area contributed by atoms with Crippen LogP contribution in [-0.2, 0) is 12.8 Å². The van der Waals surface area contributed by atoms with Gasteiger partial charge in [0.2, 0.25) is 0 Å². The Hall–Kier alpha value is -1.86. The second-order valence-electron chi connectivity index (χ2n) is 4.82. The van der Waals surface area contributed by atoms with Gasteiger partial charge in [-0.2, -0.15) is 5.26 Å². The van der Waals surface area contributed by atoms with E-state index in [1.165, 1.54) is 11.1 Å². The Labute approximate surface area is 124 Å². The van der Waals surface area contributed by atoms with Crippen LogP contribution in [-0.4, -0.2) is 4.98 Å². The molecule has 104 valence electrons. The van der Waals surface area contributed by atoms with E-state index in [0.717, 1.165) is 35.4 Å². The number of anilines is 1. The van der Waals surface area contributed by atoms with E-state index in [0.29, 0.717) is 11.4 Å². The lowest BCUT2D eigenvalue weighted by molar-refractivity contribution is 0.860. The number of aromatic nitrogens is 1. The number of nitrogens with zero attached hydrogens (tertiary/aromatic N) is 2. The minimum Gasteiger partial charge on any atom is -0.383 e. The van der Waals surface area contributed by atoms with E-state index in [1.54, 1.807) is 11.3 Å². The summed E-state index contributed by atoms with van der Waals surface area (Å²) in [5.74, 6) is 0.357. The monoisotopic (exact) mass is 285 g/mol. The van der Waals surface area contributed by atoms with Crippen LogP contribution in [0.15, 0.2) is 11.4 Å². The molecular formula is C16H19N3S. The van der Waals surface area contributed by atoms with E-state index in [-0.39, 0.29) is 0 Å². The van der Waals surface area contributed by atoms with Gasteiger partial charge in [0.25, 0.3) is 0 Å². The molecule has 2 heterocycles. The Balaban J connectivity index is 2.81. The summed E-state index contributed by atoms with van der Waals surface area (Å²) < 4.78 is 0. The fourth-order valence-corrected chi connectivity index (χ4v) is 3.51. The molecule has 2 aromatic heterocycles. The maximum Gasteiger partial charge on any atom is 0.142 e. The summed E-state index contributed by atoms with van der Waals surface area (Å²) in [5.41, 5.74) is 10.9. The van der Waals surface area contributed by atoms with Crippen LogP contribution >= 0.6 is 11.3 Å². The van der Waals surface area contributed by atoms with Crippen molar-refractivity contribution in [2.24, 2.45) is 0 Å². The highest BCUT2D eigenvalue weighted by atomic mass is 32.1. The van der Waals surface area contributed by atoms with Gasteiger partial charge in [0.05, 0.1) is 0 Å². The lowest BCUT2D eigenvalue weighted by Gasteiger charge is -2.15. The summed E-state index contributed by atoms with van der Waals surface area (Å²) in [7, 11) is 0. The number of pyridine rings is 1. The molecule has 4 heteroatoms. The third kappa shape index (κ3) is 2.41. The number of nitrogens with two attached hydrogens (primary N) is 1. The molecule has 0 atom stereocenters. The fourth-order valence-electron chi connectivity index (χ4n) is 2.51. The quantitative estimate of drug-likeness (QED) is 0.920. The molecule has 2 rings (SSSR count). The standard InChI is InChI=1S/C16H19N3S/c1-4-6-13-11(5-2)14(12(9-17)16(18)19-13)15-10(3)7-8-20-15/h7-8H,4-6H2,1-3H3,(H2,18,19). The first kappa shape index (κ1) is 14.5.